The van der Waals surface area contributed by atoms with Gasteiger partial charge in [0.25, 0.3) is 0 Å². The van der Waals surface area contributed by atoms with Crippen LogP contribution < -0.4 is 15.8 Å². The topological polar surface area (TPSA) is 64.3 Å². The van der Waals surface area contributed by atoms with Gasteiger partial charge in [-0.1, -0.05) is 0 Å². The lowest BCUT2D eigenvalue weighted by Gasteiger charge is -2.13. The third kappa shape index (κ3) is 3.81. The van der Waals surface area contributed by atoms with Gasteiger partial charge in [0, 0.05) is 5.69 Å². The molecule has 0 radical (unpaired) electrons. The van der Waals surface area contributed by atoms with Crippen molar-refractivity contribution in [3.8, 4) is 5.75 Å². The zero-order valence-electron chi connectivity index (χ0n) is 9.91. The van der Waals surface area contributed by atoms with E-state index in [1.54, 1.807) is 0 Å². The highest BCUT2D eigenvalue weighted by atomic mass is 16.5. The smallest absolute Gasteiger partial charge is 0.236 e. The molecule has 0 aromatic heterocycles. The van der Waals surface area contributed by atoms with Crippen molar-refractivity contribution in [2.45, 2.75) is 26.9 Å². The Morgan fingerprint density at radius 1 is 1.50 bits per heavy atom. The quantitative estimate of drug-likeness (QED) is 0.796. The van der Waals surface area contributed by atoms with Gasteiger partial charge in [-0.2, -0.15) is 0 Å². The van der Waals surface area contributed by atoms with E-state index in [0.717, 1.165) is 17.0 Å². The Kier molecular flexibility index (Phi) is 4.17. The van der Waals surface area contributed by atoms with E-state index in [9.17, 15) is 4.79 Å². The second kappa shape index (κ2) is 5.39. The summed E-state index contributed by atoms with van der Waals surface area (Å²) in [5.74, 6) is 0.486. The number of carbonyl (C=O) groups excluding carboxylic acids is 1. The highest BCUT2D eigenvalue weighted by Crippen LogP contribution is 2.22. The van der Waals surface area contributed by atoms with Crippen LogP contribution in [0, 0.1) is 6.92 Å². The van der Waals surface area contributed by atoms with Gasteiger partial charge in [-0.15, -0.1) is 0 Å². The second-order valence-electron chi connectivity index (χ2n) is 3.97. The summed E-state index contributed by atoms with van der Waals surface area (Å²) in [6, 6.07) is 5.69. The normalized spacial score (nSPS) is 10.2. The lowest BCUT2D eigenvalue weighted by atomic mass is 10.2. The first kappa shape index (κ1) is 12.4. The first-order valence-corrected chi connectivity index (χ1v) is 5.28. The molecule has 1 aromatic rings. The Hall–Kier alpha value is -1.71. The molecule has 0 atom stereocenters. The van der Waals surface area contributed by atoms with Crippen LogP contribution in [0.1, 0.15) is 19.4 Å². The molecule has 0 bridgehead atoms. The van der Waals surface area contributed by atoms with Crippen molar-refractivity contribution in [2.24, 2.45) is 5.73 Å². The Labute approximate surface area is 95.8 Å². The Morgan fingerprint density at radius 3 is 2.69 bits per heavy atom. The molecule has 0 heterocycles. The molecule has 3 N–H and O–H groups in total. The summed E-state index contributed by atoms with van der Waals surface area (Å²) in [6.45, 7) is 6.08. The standard InChI is InChI=1S/C12H18N2O2/c1-8(2)16-11-5-4-10(6-9(11)3)14-7-12(13)15/h4-6,8,14H,7H2,1-3H3,(H2,13,15). The predicted octanol–water partition coefficient (Wildman–Crippen LogP) is 1.68. The molecule has 0 saturated carbocycles. The number of aryl methyl sites for hydroxylation is 1. The maximum Gasteiger partial charge on any atom is 0.236 e. The van der Waals surface area contributed by atoms with Crippen molar-refractivity contribution in [1.82, 2.24) is 0 Å². The molecule has 4 nitrogen and oxygen atoms in total. The maximum atomic E-state index is 10.6. The minimum atomic E-state index is -0.375. The lowest BCUT2D eigenvalue weighted by molar-refractivity contribution is -0.116. The number of rotatable bonds is 5. The average Bonchev–Trinajstić information content (AvgIpc) is 2.18. The number of hydrogen-bond acceptors (Lipinski definition) is 3. The van der Waals surface area contributed by atoms with Gasteiger partial charge in [0.15, 0.2) is 0 Å². The molecule has 88 valence electrons. The number of benzene rings is 1. The minimum absolute atomic E-state index is 0.143. The van der Waals surface area contributed by atoms with Crippen molar-refractivity contribution < 1.29 is 9.53 Å². The van der Waals surface area contributed by atoms with E-state index in [1.165, 1.54) is 0 Å². The van der Waals surface area contributed by atoms with E-state index in [-0.39, 0.29) is 18.6 Å². The second-order valence-corrected chi connectivity index (χ2v) is 3.97. The third-order valence-electron chi connectivity index (χ3n) is 2.00. The average molecular weight is 222 g/mol. The van der Waals surface area contributed by atoms with Crippen molar-refractivity contribution in [3.63, 3.8) is 0 Å². The number of carbonyl (C=O) groups is 1. The zero-order chi connectivity index (χ0) is 12.1. The van der Waals surface area contributed by atoms with Gasteiger partial charge in [-0.3, -0.25) is 4.79 Å². The summed E-state index contributed by atoms with van der Waals surface area (Å²) in [7, 11) is 0. The zero-order valence-corrected chi connectivity index (χ0v) is 9.91. The van der Waals surface area contributed by atoms with Crippen molar-refractivity contribution in [2.75, 3.05) is 11.9 Å². The maximum absolute atomic E-state index is 10.6. The molecule has 0 unspecified atom stereocenters. The number of nitrogens with two attached hydrogens (primary N) is 1. The predicted molar refractivity (Wildman–Crippen MR) is 64.6 cm³/mol. The molecule has 16 heavy (non-hydrogen) atoms. The van der Waals surface area contributed by atoms with Gasteiger partial charge in [0.05, 0.1) is 12.6 Å². The van der Waals surface area contributed by atoms with E-state index >= 15 is 0 Å². The van der Waals surface area contributed by atoms with Gasteiger partial charge in [0.1, 0.15) is 5.75 Å². The Bertz CT molecular complexity index is 375. The number of ether oxygens (including phenoxy) is 1. The molecular weight excluding hydrogens is 204 g/mol. The third-order valence-corrected chi connectivity index (χ3v) is 2.00. The van der Waals surface area contributed by atoms with E-state index < -0.39 is 0 Å². The fraction of sp³-hybridized carbons (Fsp3) is 0.417. The summed E-state index contributed by atoms with van der Waals surface area (Å²) in [4.78, 5) is 10.6. The summed E-state index contributed by atoms with van der Waals surface area (Å²) in [5, 5.41) is 2.94. The monoisotopic (exact) mass is 222 g/mol. The molecule has 0 aliphatic carbocycles. The highest BCUT2D eigenvalue weighted by Gasteiger charge is 2.03. The SMILES string of the molecule is Cc1cc(NCC(N)=O)ccc1OC(C)C. The van der Waals surface area contributed by atoms with Gasteiger partial charge in [-0.05, 0) is 44.5 Å². The first-order valence-electron chi connectivity index (χ1n) is 5.28. The summed E-state index contributed by atoms with van der Waals surface area (Å²) < 4.78 is 5.61. The van der Waals surface area contributed by atoms with E-state index in [0.29, 0.717) is 0 Å². The molecule has 0 aliphatic heterocycles. The minimum Gasteiger partial charge on any atom is -0.491 e. The van der Waals surface area contributed by atoms with Crippen LogP contribution >= 0.6 is 0 Å². The van der Waals surface area contributed by atoms with Crippen LogP contribution in [0.25, 0.3) is 0 Å². The number of nitrogens with one attached hydrogen (secondary N) is 1. The molecule has 0 fully saturated rings. The Morgan fingerprint density at radius 2 is 2.19 bits per heavy atom. The van der Waals surface area contributed by atoms with Crippen LogP contribution in [-0.4, -0.2) is 18.6 Å². The van der Waals surface area contributed by atoms with Gasteiger partial charge in [0.2, 0.25) is 5.91 Å². The van der Waals surface area contributed by atoms with Crippen molar-refractivity contribution in [1.29, 1.82) is 0 Å². The van der Waals surface area contributed by atoms with Gasteiger partial charge >= 0.3 is 0 Å². The van der Waals surface area contributed by atoms with Gasteiger partial charge < -0.3 is 15.8 Å². The van der Waals surface area contributed by atoms with E-state index in [2.05, 4.69) is 5.32 Å². The molecule has 4 heteroatoms. The van der Waals surface area contributed by atoms with Gasteiger partial charge in [-0.25, -0.2) is 0 Å². The van der Waals surface area contributed by atoms with Crippen LogP contribution in [-0.2, 0) is 4.79 Å². The molecule has 1 aromatic carbocycles. The van der Waals surface area contributed by atoms with Crippen molar-refractivity contribution in [3.05, 3.63) is 23.8 Å². The lowest BCUT2D eigenvalue weighted by Crippen LogP contribution is -2.21. The van der Waals surface area contributed by atoms with E-state index in [4.69, 9.17) is 10.5 Å². The molecule has 1 amide bonds. The Balaban J connectivity index is 2.70. The van der Waals surface area contributed by atoms with Crippen LogP contribution in [0.2, 0.25) is 0 Å². The number of hydrogen-bond donors (Lipinski definition) is 2. The highest BCUT2D eigenvalue weighted by molar-refractivity contribution is 5.78. The molecule has 0 spiro atoms. The van der Waals surface area contributed by atoms with Crippen LogP contribution in [0.4, 0.5) is 5.69 Å². The van der Waals surface area contributed by atoms with Crippen LogP contribution in [0.5, 0.6) is 5.75 Å². The fourth-order valence-electron chi connectivity index (χ4n) is 1.33. The number of anilines is 1. The summed E-state index contributed by atoms with van der Waals surface area (Å²) in [5.41, 5.74) is 6.95. The molecular formula is C12H18N2O2. The number of primary amides is 1. The summed E-state index contributed by atoms with van der Waals surface area (Å²) in [6.07, 6.45) is 0.156. The van der Waals surface area contributed by atoms with Crippen molar-refractivity contribution >= 4 is 11.6 Å². The van der Waals surface area contributed by atoms with E-state index in [1.807, 2.05) is 39.0 Å². The fourth-order valence-corrected chi connectivity index (χ4v) is 1.33. The van der Waals surface area contributed by atoms with Crippen LogP contribution in [0.15, 0.2) is 18.2 Å². The largest absolute Gasteiger partial charge is 0.491 e. The summed E-state index contributed by atoms with van der Waals surface area (Å²) >= 11 is 0. The molecule has 0 aliphatic rings. The number of amides is 1. The molecule has 1 rings (SSSR count). The molecule has 0 saturated heterocycles. The van der Waals surface area contributed by atoms with Crippen LogP contribution in [0.3, 0.4) is 0 Å². The first-order chi connectivity index (χ1) is 7.49.